The van der Waals surface area contributed by atoms with Crippen LogP contribution in [0.4, 0.5) is 11.5 Å². The van der Waals surface area contributed by atoms with Crippen molar-refractivity contribution in [2.75, 3.05) is 11.1 Å². The number of hydrogen-bond donors (Lipinski definition) is 4. The molecule has 6 N–H and O–H groups in total. The minimum atomic E-state index is -3.90. The normalized spacial score (nSPS) is 11.6. The molecular formula is C19H19N9O6S2. The van der Waals surface area contributed by atoms with E-state index in [4.69, 9.17) is 10.9 Å². The van der Waals surface area contributed by atoms with Crippen LogP contribution in [0.5, 0.6) is 0 Å². The Hall–Kier alpha value is -4.22. The van der Waals surface area contributed by atoms with Gasteiger partial charge in [-0.3, -0.25) is 23.5 Å². The molecule has 0 bridgehead atoms. The Morgan fingerprint density at radius 1 is 1.11 bits per heavy atom. The van der Waals surface area contributed by atoms with Crippen LogP contribution in [0.25, 0.3) is 11.2 Å². The minimum Gasteiger partial charge on any atom is -0.383 e. The number of H-pyrrole nitrogens is 1. The highest BCUT2D eigenvalue weighted by Gasteiger charge is 2.22. The SMILES string of the molecule is Cn1c(=O)c2c(nc(Sc3nc(N)cc(=O)[nH]3)n2CC(=O)Nc2ccc(S(N)(=O)=O)cc2)n(C)c1=O. The Kier molecular flexibility index (Phi) is 6.29. The molecule has 3 aromatic heterocycles. The first kappa shape index (κ1) is 24.9. The topological polar surface area (TPSA) is 223 Å². The minimum absolute atomic E-state index is 0.0159. The zero-order chi connectivity index (χ0) is 26.4. The molecule has 17 heteroatoms. The third kappa shape index (κ3) is 4.79. The fraction of sp³-hybridized carbons (Fsp3) is 0.158. The van der Waals surface area contributed by atoms with Crippen molar-refractivity contribution in [1.29, 1.82) is 0 Å². The highest BCUT2D eigenvalue weighted by atomic mass is 32.2. The Bertz CT molecular complexity index is 1800. The molecule has 1 aromatic carbocycles. The third-order valence-electron chi connectivity index (χ3n) is 5.01. The molecule has 0 spiro atoms. The Morgan fingerprint density at radius 3 is 2.39 bits per heavy atom. The van der Waals surface area contributed by atoms with Crippen LogP contribution >= 0.6 is 11.8 Å². The van der Waals surface area contributed by atoms with Gasteiger partial charge in [-0.1, -0.05) is 0 Å². The van der Waals surface area contributed by atoms with Gasteiger partial charge in [-0.15, -0.1) is 0 Å². The largest absolute Gasteiger partial charge is 0.383 e. The van der Waals surface area contributed by atoms with Crippen LogP contribution in [-0.4, -0.2) is 43.0 Å². The molecule has 0 aliphatic rings. The van der Waals surface area contributed by atoms with Crippen molar-refractivity contribution in [3.05, 3.63) is 61.5 Å². The number of carbonyl (C=O) groups is 1. The number of amides is 1. The molecule has 0 unspecified atom stereocenters. The summed E-state index contributed by atoms with van der Waals surface area (Å²) >= 11 is 0.831. The van der Waals surface area contributed by atoms with Crippen LogP contribution < -0.4 is 33.0 Å². The van der Waals surface area contributed by atoms with E-state index in [1.165, 1.54) is 42.9 Å². The average molecular weight is 534 g/mol. The second-order valence-electron chi connectivity index (χ2n) is 7.55. The van der Waals surface area contributed by atoms with Crippen LogP contribution in [-0.2, 0) is 35.5 Å². The number of nitrogens with one attached hydrogen (secondary N) is 2. The van der Waals surface area contributed by atoms with Crippen molar-refractivity contribution in [3.63, 3.8) is 0 Å². The van der Waals surface area contributed by atoms with Crippen LogP contribution in [0.2, 0.25) is 0 Å². The van der Waals surface area contributed by atoms with Crippen molar-refractivity contribution >= 4 is 50.4 Å². The van der Waals surface area contributed by atoms with Crippen LogP contribution in [0.3, 0.4) is 0 Å². The summed E-state index contributed by atoms with van der Waals surface area (Å²) in [5.74, 6) is -0.641. The van der Waals surface area contributed by atoms with Gasteiger partial charge >= 0.3 is 5.69 Å². The number of nitrogen functional groups attached to an aromatic ring is 1. The van der Waals surface area contributed by atoms with Gasteiger partial charge in [0.25, 0.3) is 11.1 Å². The molecule has 0 saturated heterocycles. The predicted octanol–water partition coefficient (Wildman–Crippen LogP) is -1.46. The molecule has 0 aliphatic heterocycles. The first-order valence-corrected chi connectivity index (χ1v) is 12.3. The number of carbonyl (C=O) groups excluding carboxylic acids is 1. The third-order valence-corrected chi connectivity index (χ3v) is 6.82. The molecule has 1 amide bonds. The van der Waals surface area contributed by atoms with Crippen molar-refractivity contribution in [2.45, 2.75) is 21.8 Å². The molecule has 4 rings (SSSR count). The summed E-state index contributed by atoms with van der Waals surface area (Å²) < 4.78 is 26.2. The van der Waals surface area contributed by atoms with E-state index in [1.54, 1.807) is 0 Å². The van der Waals surface area contributed by atoms with Gasteiger partial charge < -0.3 is 20.6 Å². The quantitative estimate of drug-likeness (QED) is 0.211. The summed E-state index contributed by atoms with van der Waals surface area (Å²) in [5.41, 5.74) is 4.06. The second-order valence-corrected chi connectivity index (χ2v) is 10.1. The molecular weight excluding hydrogens is 514 g/mol. The number of fused-ring (bicyclic) bond motifs is 1. The smallest absolute Gasteiger partial charge is 0.332 e. The van der Waals surface area contributed by atoms with Crippen LogP contribution in [0, 0.1) is 0 Å². The van der Waals surface area contributed by atoms with Crippen molar-refractivity contribution in [3.8, 4) is 0 Å². The number of imidazole rings is 1. The lowest BCUT2D eigenvalue weighted by Gasteiger charge is -2.10. The number of nitrogens with zero attached hydrogens (tertiary/aromatic N) is 5. The number of sulfonamides is 1. The predicted molar refractivity (Wildman–Crippen MR) is 130 cm³/mol. The molecule has 0 aliphatic carbocycles. The molecule has 3 heterocycles. The van der Waals surface area contributed by atoms with E-state index in [0.29, 0.717) is 0 Å². The number of aromatic amines is 1. The standard InChI is InChI=1S/C19H19N9O6S2/c1-26-15-14(16(31)27(2)19(26)32)28(18(25-15)35-17-23-11(20)7-12(29)24-17)8-13(30)22-9-3-5-10(6-4-9)36(21,33)34/h3-7H,8H2,1-2H3,(H,22,30)(H2,21,33,34)(H3,20,23,24,29). The molecule has 188 valence electrons. The summed E-state index contributed by atoms with van der Waals surface area (Å²) in [6.07, 6.45) is 0. The molecule has 4 aromatic rings. The maximum Gasteiger partial charge on any atom is 0.332 e. The van der Waals surface area contributed by atoms with Gasteiger partial charge in [0.2, 0.25) is 15.9 Å². The molecule has 36 heavy (non-hydrogen) atoms. The summed E-state index contributed by atoms with van der Waals surface area (Å²) in [5, 5.41) is 7.80. The van der Waals surface area contributed by atoms with E-state index in [1.807, 2.05) is 0 Å². The number of aryl methyl sites for hydroxylation is 1. The van der Waals surface area contributed by atoms with E-state index < -0.39 is 39.3 Å². The van der Waals surface area contributed by atoms with Gasteiger partial charge in [0.1, 0.15) is 12.4 Å². The van der Waals surface area contributed by atoms with E-state index in [9.17, 15) is 27.6 Å². The monoisotopic (exact) mass is 533 g/mol. The number of nitrogens with two attached hydrogens (primary N) is 2. The van der Waals surface area contributed by atoms with E-state index in [0.717, 1.165) is 27.0 Å². The molecule has 0 radical (unpaired) electrons. The van der Waals surface area contributed by atoms with Crippen molar-refractivity contribution in [1.82, 2.24) is 28.7 Å². The lowest BCUT2D eigenvalue weighted by atomic mass is 10.3. The highest BCUT2D eigenvalue weighted by molar-refractivity contribution is 7.99. The average Bonchev–Trinajstić information content (AvgIpc) is 3.13. The lowest BCUT2D eigenvalue weighted by molar-refractivity contribution is -0.116. The fourth-order valence-corrected chi connectivity index (χ4v) is 4.70. The lowest BCUT2D eigenvalue weighted by Crippen LogP contribution is -2.37. The van der Waals surface area contributed by atoms with Crippen molar-refractivity contribution in [2.24, 2.45) is 19.2 Å². The van der Waals surface area contributed by atoms with E-state index in [2.05, 4.69) is 20.3 Å². The zero-order valence-corrected chi connectivity index (χ0v) is 20.4. The number of anilines is 2. The Morgan fingerprint density at radius 2 is 1.78 bits per heavy atom. The van der Waals surface area contributed by atoms with E-state index in [-0.39, 0.29) is 37.9 Å². The summed E-state index contributed by atoms with van der Waals surface area (Å²) in [4.78, 5) is 60.7. The molecule has 15 nitrogen and oxygen atoms in total. The van der Waals surface area contributed by atoms with Crippen molar-refractivity contribution < 1.29 is 13.2 Å². The Balaban J connectivity index is 1.77. The first-order chi connectivity index (χ1) is 16.8. The summed E-state index contributed by atoms with van der Waals surface area (Å²) in [6, 6.07) is 6.24. The summed E-state index contributed by atoms with van der Waals surface area (Å²) in [7, 11) is -1.19. The zero-order valence-electron chi connectivity index (χ0n) is 18.8. The number of benzene rings is 1. The number of rotatable bonds is 6. The number of aromatic nitrogens is 6. The van der Waals surface area contributed by atoms with Gasteiger partial charge in [0.15, 0.2) is 21.5 Å². The highest BCUT2D eigenvalue weighted by Crippen LogP contribution is 2.26. The fourth-order valence-electron chi connectivity index (χ4n) is 3.31. The molecule has 0 saturated carbocycles. The van der Waals surface area contributed by atoms with Crippen LogP contribution in [0.1, 0.15) is 0 Å². The second kappa shape index (κ2) is 9.10. The number of primary sulfonamides is 1. The molecule has 0 atom stereocenters. The van der Waals surface area contributed by atoms with Crippen LogP contribution in [0.15, 0.2) is 59.9 Å². The van der Waals surface area contributed by atoms with E-state index >= 15 is 0 Å². The maximum atomic E-state index is 13.0. The first-order valence-electron chi connectivity index (χ1n) is 9.99. The van der Waals surface area contributed by atoms with Gasteiger partial charge in [0.05, 0.1) is 4.90 Å². The Labute approximate surface area is 205 Å². The maximum absolute atomic E-state index is 13.0. The summed E-state index contributed by atoms with van der Waals surface area (Å²) in [6.45, 7) is -0.421. The number of hydrogen-bond acceptors (Lipinski definition) is 10. The van der Waals surface area contributed by atoms with Gasteiger partial charge in [-0.2, -0.15) is 0 Å². The van der Waals surface area contributed by atoms with Gasteiger partial charge in [0, 0.05) is 25.8 Å². The molecule has 0 fully saturated rings. The van der Waals surface area contributed by atoms with Gasteiger partial charge in [-0.25, -0.2) is 28.3 Å². The van der Waals surface area contributed by atoms with Gasteiger partial charge in [-0.05, 0) is 36.0 Å².